The molecule has 0 aromatic rings. The van der Waals surface area contributed by atoms with Gasteiger partial charge in [-0.3, -0.25) is 4.79 Å². The summed E-state index contributed by atoms with van der Waals surface area (Å²) in [5.41, 5.74) is 0. The third kappa shape index (κ3) is 1.42. The summed E-state index contributed by atoms with van der Waals surface area (Å²) in [6.45, 7) is 0.619. The second kappa shape index (κ2) is 2.82. The molecule has 0 saturated carbocycles. The Morgan fingerprint density at radius 2 is 2.33 bits per heavy atom. The van der Waals surface area contributed by atoms with Crippen molar-refractivity contribution in [3.05, 3.63) is 0 Å². The Morgan fingerprint density at radius 1 is 1.56 bits per heavy atom. The largest absolute Gasteiger partial charge is 0.376 e. The van der Waals surface area contributed by atoms with Crippen LogP contribution in [0.1, 0.15) is 19.3 Å². The zero-order valence-electron chi connectivity index (χ0n) is 5.34. The van der Waals surface area contributed by atoms with Crippen molar-refractivity contribution in [2.45, 2.75) is 19.3 Å². The van der Waals surface area contributed by atoms with Gasteiger partial charge in [-0.05, 0) is 12.8 Å². The van der Waals surface area contributed by atoms with Gasteiger partial charge < -0.3 is 10.0 Å². The number of nitrogens with zero attached hydrogens (tertiary/aromatic N) is 1. The van der Waals surface area contributed by atoms with Gasteiger partial charge in [-0.1, -0.05) is 0 Å². The molecule has 1 fully saturated rings. The Kier molecular flexibility index (Phi) is 2.05. The van der Waals surface area contributed by atoms with Crippen LogP contribution < -0.4 is 0 Å². The van der Waals surface area contributed by atoms with Gasteiger partial charge in [0.1, 0.15) is 6.73 Å². The quantitative estimate of drug-likeness (QED) is 0.539. The van der Waals surface area contributed by atoms with E-state index in [1.165, 1.54) is 4.90 Å². The summed E-state index contributed by atoms with van der Waals surface area (Å²) < 4.78 is 0. The molecule has 1 aliphatic rings. The highest BCUT2D eigenvalue weighted by molar-refractivity contribution is 5.76. The summed E-state index contributed by atoms with van der Waals surface area (Å²) in [4.78, 5) is 12.3. The summed E-state index contributed by atoms with van der Waals surface area (Å²) in [5.74, 6) is 0.0868. The molecule has 0 atom stereocenters. The molecule has 0 radical (unpaired) electrons. The van der Waals surface area contributed by atoms with Crippen molar-refractivity contribution in [2.24, 2.45) is 0 Å². The molecule has 3 nitrogen and oxygen atoms in total. The highest BCUT2D eigenvalue weighted by Gasteiger charge is 2.15. The molecule has 0 bridgehead atoms. The third-order valence-corrected chi connectivity index (χ3v) is 1.59. The average molecular weight is 129 g/mol. The Morgan fingerprint density at radius 3 is 2.78 bits per heavy atom. The van der Waals surface area contributed by atoms with Gasteiger partial charge >= 0.3 is 0 Å². The van der Waals surface area contributed by atoms with Crippen LogP contribution in [0.4, 0.5) is 0 Å². The zero-order valence-corrected chi connectivity index (χ0v) is 5.34. The highest BCUT2D eigenvalue weighted by Crippen LogP contribution is 2.08. The first-order valence-electron chi connectivity index (χ1n) is 3.23. The monoisotopic (exact) mass is 129 g/mol. The minimum atomic E-state index is -0.112. The van der Waals surface area contributed by atoms with E-state index in [4.69, 9.17) is 5.11 Å². The first-order chi connectivity index (χ1) is 4.34. The lowest BCUT2D eigenvalue weighted by Gasteiger charge is -2.23. The molecule has 0 spiro atoms. The van der Waals surface area contributed by atoms with E-state index < -0.39 is 0 Å². The number of hydrogen-bond donors (Lipinski definition) is 1. The van der Waals surface area contributed by atoms with Gasteiger partial charge in [-0.25, -0.2) is 0 Å². The minimum Gasteiger partial charge on any atom is -0.376 e. The molecule has 0 aromatic heterocycles. The lowest BCUT2D eigenvalue weighted by atomic mass is 10.1. The molecule has 1 amide bonds. The number of amides is 1. The van der Waals surface area contributed by atoms with Crippen LogP contribution in [0.5, 0.6) is 0 Å². The smallest absolute Gasteiger partial charge is 0.224 e. The predicted octanol–water partition coefficient (Wildman–Crippen LogP) is -0.0513. The molecule has 0 aromatic carbocycles. The molecular formula is C6H11NO2. The van der Waals surface area contributed by atoms with Gasteiger partial charge in [0.25, 0.3) is 0 Å². The van der Waals surface area contributed by atoms with Gasteiger partial charge in [0, 0.05) is 13.0 Å². The highest BCUT2D eigenvalue weighted by atomic mass is 16.3. The van der Waals surface area contributed by atoms with E-state index in [0.717, 1.165) is 19.4 Å². The fourth-order valence-electron chi connectivity index (χ4n) is 1.01. The number of aliphatic hydroxyl groups excluding tert-OH is 1. The van der Waals surface area contributed by atoms with Crippen molar-refractivity contribution < 1.29 is 9.90 Å². The number of piperidine rings is 1. The Labute approximate surface area is 54.3 Å². The maximum Gasteiger partial charge on any atom is 0.224 e. The van der Waals surface area contributed by atoms with E-state index in [9.17, 15) is 4.79 Å². The van der Waals surface area contributed by atoms with Crippen LogP contribution in [0.2, 0.25) is 0 Å². The Bertz CT molecular complexity index is 114. The van der Waals surface area contributed by atoms with Crippen molar-refractivity contribution >= 4 is 5.91 Å². The molecule has 1 rings (SSSR count). The second-order valence-electron chi connectivity index (χ2n) is 2.26. The predicted molar refractivity (Wildman–Crippen MR) is 32.6 cm³/mol. The van der Waals surface area contributed by atoms with E-state index in [0.29, 0.717) is 6.42 Å². The number of rotatable bonds is 1. The van der Waals surface area contributed by atoms with E-state index in [-0.39, 0.29) is 12.6 Å². The average Bonchev–Trinajstić information content (AvgIpc) is 1.89. The van der Waals surface area contributed by atoms with Gasteiger partial charge in [0.15, 0.2) is 0 Å². The van der Waals surface area contributed by atoms with E-state index in [1.807, 2.05) is 0 Å². The lowest BCUT2D eigenvalue weighted by molar-refractivity contribution is -0.137. The fraction of sp³-hybridized carbons (Fsp3) is 0.833. The number of likely N-dealkylation sites (tertiary alicyclic amines) is 1. The lowest BCUT2D eigenvalue weighted by Crippen LogP contribution is -2.35. The molecule has 0 unspecified atom stereocenters. The van der Waals surface area contributed by atoms with Gasteiger partial charge in [-0.2, -0.15) is 0 Å². The second-order valence-corrected chi connectivity index (χ2v) is 2.26. The van der Waals surface area contributed by atoms with Crippen molar-refractivity contribution in [3.63, 3.8) is 0 Å². The SMILES string of the molecule is O=C1CCCCN1CO. The van der Waals surface area contributed by atoms with Crippen LogP contribution in [0.25, 0.3) is 0 Å². The zero-order chi connectivity index (χ0) is 6.69. The van der Waals surface area contributed by atoms with E-state index in [2.05, 4.69) is 0 Å². The van der Waals surface area contributed by atoms with Gasteiger partial charge in [0.2, 0.25) is 5.91 Å². The first kappa shape index (κ1) is 6.55. The molecule has 0 aliphatic carbocycles. The summed E-state index contributed by atoms with van der Waals surface area (Å²) in [6, 6.07) is 0. The van der Waals surface area contributed by atoms with E-state index >= 15 is 0 Å². The van der Waals surface area contributed by atoms with Crippen LogP contribution in [0, 0.1) is 0 Å². The van der Waals surface area contributed by atoms with Crippen LogP contribution in [0.15, 0.2) is 0 Å². The maximum absolute atomic E-state index is 10.8. The molecule has 52 valence electrons. The number of carbonyl (C=O) groups excluding carboxylic acids is 1. The summed E-state index contributed by atoms with van der Waals surface area (Å²) in [5, 5.41) is 8.57. The molecule has 9 heavy (non-hydrogen) atoms. The molecule has 1 saturated heterocycles. The topological polar surface area (TPSA) is 40.5 Å². The minimum absolute atomic E-state index is 0.0868. The Hall–Kier alpha value is -0.570. The first-order valence-corrected chi connectivity index (χ1v) is 3.23. The third-order valence-electron chi connectivity index (χ3n) is 1.59. The molecule has 1 aliphatic heterocycles. The van der Waals surface area contributed by atoms with Gasteiger partial charge in [0.05, 0.1) is 0 Å². The number of carbonyl (C=O) groups is 1. The molecular weight excluding hydrogens is 118 g/mol. The summed E-state index contributed by atoms with van der Waals surface area (Å²) >= 11 is 0. The van der Waals surface area contributed by atoms with Crippen molar-refractivity contribution in [1.29, 1.82) is 0 Å². The Balaban J connectivity index is 2.39. The summed E-state index contributed by atoms with van der Waals surface area (Å²) in [6.07, 6.45) is 2.63. The van der Waals surface area contributed by atoms with Crippen molar-refractivity contribution in [1.82, 2.24) is 4.90 Å². The maximum atomic E-state index is 10.8. The summed E-state index contributed by atoms with van der Waals surface area (Å²) in [7, 11) is 0. The normalized spacial score (nSPS) is 20.6. The molecule has 3 heteroatoms. The van der Waals surface area contributed by atoms with E-state index in [1.54, 1.807) is 0 Å². The number of aliphatic hydroxyl groups is 1. The molecule has 1 N–H and O–H groups in total. The van der Waals surface area contributed by atoms with Crippen molar-refractivity contribution in [3.8, 4) is 0 Å². The van der Waals surface area contributed by atoms with Gasteiger partial charge in [-0.15, -0.1) is 0 Å². The van der Waals surface area contributed by atoms with Crippen LogP contribution in [-0.4, -0.2) is 29.2 Å². The van der Waals surface area contributed by atoms with Crippen LogP contribution >= 0.6 is 0 Å². The number of hydrogen-bond acceptors (Lipinski definition) is 2. The van der Waals surface area contributed by atoms with Crippen LogP contribution in [-0.2, 0) is 4.79 Å². The van der Waals surface area contributed by atoms with Crippen molar-refractivity contribution in [2.75, 3.05) is 13.3 Å². The molecule has 1 heterocycles. The van der Waals surface area contributed by atoms with Crippen LogP contribution in [0.3, 0.4) is 0 Å². The fourth-order valence-corrected chi connectivity index (χ4v) is 1.01. The standard InChI is InChI=1S/C6H11NO2/c8-5-7-4-2-1-3-6(7)9/h8H,1-5H2.